The minimum Gasteiger partial charge on any atom is -0.353 e. The number of nitrogens with one attached hydrogen (secondary N) is 1. The van der Waals surface area contributed by atoms with E-state index in [1.807, 2.05) is 0 Å². The summed E-state index contributed by atoms with van der Waals surface area (Å²) in [5, 5.41) is 3.18. The molecule has 2 fully saturated rings. The highest BCUT2D eigenvalue weighted by Gasteiger charge is 2.41. The zero-order valence-corrected chi connectivity index (χ0v) is 16.3. The fourth-order valence-electron chi connectivity index (χ4n) is 4.53. The summed E-state index contributed by atoms with van der Waals surface area (Å²) < 4.78 is 0. The Morgan fingerprint density at radius 1 is 0.957 bits per heavy atom. The molecule has 0 aromatic heterocycles. The number of hydrogen-bond donors (Lipinski definition) is 1. The van der Waals surface area contributed by atoms with E-state index in [1.54, 1.807) is 0 Å². The van der Waals surface area contributed by atoms with Crippen molar-refractivity contribution in [1.29, 1.82) is 0 Å². The lowest BCUT2D eigenvalue weighted by molar-refractivity contribution is -0.119. The first-order valence-electron chi connectivity index (χ1n) is 9.21. The number of carbonyl (C=O) groups excluding carboxylic acids is 1. The van der Waals surface area contributed by atoms with E-state index < -0.39 is 0 Å². The van der Waals surface area contributed by atoms with Crippen molar-refractivity contribution in [1.82, 2.24) is 15.1 Å². The van der Waals surface area contributed by atoms with Crippen LogP contribution in [0.1, 0.15) is 67.7 Å². The van der Waals surface area contributed by atoms with Crippen molar-refractivity contribution in [3.8, 4) is 0 Å². The normalized spacial score (nSPS) is 25.7. The van der Waals surface area contributed by atoms with Gasteiger partial charge in [0.05, 0.1) is 0 Å². The third kappa shape index (κ3) is 4.48. The summed E-state index contributed by atoms with van der Waals surface area (Å²) in [6, 6.07) is 0.324. The average molecular weight is 324 g/mol. The number of rotatable bonds is 4. The zero-order chi connectivity index (χ0) is 17.5. The maximum absolute atomic E-state index is 11.6. The van der Waals surface area contributed by atoms with Gasteiger partial charge in [-0.05, 0) is 52.9 Å². The van der Waals surface area contributed by atoms with Gasteiger partial charge in [0.2, 0.25) is 5.91 Å². The molecule has 2 saturated heterocycles. The molecule has 1 unspecified atom stereocenters. The van der Waals surface area contributed by atoms with Gasteiger partial charge in [-0.15, -0.1) is 0 Å². The number of hydrogen-bond acceptors (Lipinski definition) is 3. The smallest absolute Gasteiger partial charge is 0.220 e. The monoisotopic (exact) mass is 323 g/mol. The van der Waals surface area contributed by atoms with Crippen LogP contribution in [0.3, 0.4) is 0 Å². The van der Waals surface area contributed by atoms with E-state index in [9.17, 15) is 4.79 Å². The molecule has 2 aliphatic rings. The molecule has 0 bridgehead atoms. The van der Waals surface area contributed by atoms with Crippen LogP contribution >= 0.6 is 0 Å². The molecule has 4 nitrogen and oxygen atoms in total. The van der Waals surface area contributed by atoms with Crippen LogP contribution < -0.4 is 5.32 Å². The Hall–Kier alpha value is -0.610. The summed E-state index contributed by atoms with van der Waals surface area (Å²) in [5.74, 6) is 0.222. The fourth-order valence-corrected chi connectivity index (χ4v) is 4.53. The van der Waals surface area contributed by atoms with Gasteiger partial charge in [0, 0.05) is 49.7 Å². The van der Waals surface area contributed by atoms with Crippen LogP contribution in [0.2, 0.25) is 0 Å². The Kier molecular flexibility index (Phi) is 5.18. The minimum absolute atomic E-state index is 0.136. The lowest BCUT2D eigenvalue weighted by Crippen LogP contribution is -2.59. The van der Waals surface area contributed by atoms with Gasteiger partial charge in [-0.2, -0.15) is 0 Å². The Balaban J connectivity index is 1.95. The molecule has 2 rings (SSSR count). The van der Waals surface area contributed by atoms with Gasteiger partial charge in [0.15, 0.2) is 0 Å². The van der Waals surface area contributed by atoms with Crippen LogP contribution in [0, 0.1) is 5.41 Å². The minimum atomic E-state index is 0.136. The quantitative estimate of drug-likeness (QED) is 0.864. The van der Waals surface area contributed by atoms with E-state index >= 15 is 0 Å². The average Bonchev–Trinajstić information content (AvgIpc) is 2.84. The molecule has 0 aromatic rings. The molecule has 4 heteroatoms. The largest absolute Gasteiger partial charge is 0.353 e. The summed E-state index contributed by atoms with van der Waals surface area (Å²) >= 11 is 0. The summed E-state index contributed by atoms with van der Waals surface area (Å²) in [6.45, 7) is 20.9. The Labute approximate surface area is 143 Å². The maximum atomic E-state index is 11.6. The van der Waals surface area contributed by atoms with Crippen molar-refractivity contribution in [3.05, 3.63) is 0 Å². The highest BCUT2D eigenvalue weighted by atomic mass is 16.1. The number of piperazine rings is 1. The van der Waals surface area contributed by atoms with Crippen molar-refractivity contribution in [2.45, 2.75) is 84.8 Å². The topological polar surface area (TPSA) is 35.6 Å². The summed E-state index contributed by atoms with van der Waals surface area (Å²) in [5.41, 5.74) is 0.571. The highest BCUT2D eigenvalue weighted by Crippen LogP contribution is 2.38. The first-order chi connectivity index (χ1) is 10.4. The van der Waals surface area contributed by atoms with Gasteiger partial charge >= 0.3 is 0 Å². The molecule has 0 aliphatic carbocycles. The predicted molar refractivity (Wildman–Crippen MR) is 96.5 cm³/mol. The van der Waals surface area contributed by atoms with Crippen LogP contribution in [-0.4, -0.2) is 59.0 Å². The lowest BCUT2D eigenvalue weighted by atomic mass is 9.73. The van der Waals surface area contributed by atoms with Crippen LogP contribution in [0.25, 0.3) is 0 Å². The standard InChI is InChI=1S/C19H37N3O/c1-17(2,3)21-10-12-22(13-11-21)19(6,7)14-18(4,5)15-8-9-16(23)20-15/h15H,8-14H2,1-7H3,(H,20,23). The fraction of sp³-hybridized carbons (Fsp3) is 0.947. The van der Waals surface area contributed by atoms with Gasteiger partial charge < -0.3 is 5.32 Å². The second-order valence-corrected chi connectivity index (χ2v) is 9.78. The Bertz CT molecular complexity index is 428. The molecule has 1 amide bonds. The molecular weight excluding hydrogens is 286 g/mol. The predicted octanol–water partition coefficient (Wildman–Crippen LogP) is 2.88. The molecule has 0 spiro atoms. The molecule has 1 atom stereocenters. The number of amides is 1. The highest BCUT2D eigenvalue weighted by molar-refractivity contribution is 5.78. The van der Waals surface area contributed by atoms with E-state index in [2.05, 4.69) is 63.6 Å². The van der Waals surface area contributed by atoms with Crippen molar-refractivity contribution in [2.24, 2.45) is 5.41 Å². The maximum Gasteiger partial charge on any atom is 0.220 e. The zero-order valence-electron chi connectivity index (χ0n) is 16.3. The van der Waals surface area contributed by atoms with Crippen LogP contribution in [0.15, 0.2) is 0 Å². The summed E-state index contributed by atoms with van der Waals surface area (Å²) in [7, 11) is 0. The van der Waals surface area contributed by atoms with E-state index in [-0.39, 0.29) is 22.4 Å². The van der Waals surface area contributed by atoms with Crippen molar-refractivity contribution in [2.75, 3.05) is 26.2 Å². The molecule has 0 radical (unpaired) electrons. The van der Waals surface area contributed by atoms with E-state index in [4.69, 9.17) is 0 Å². The molecule has 23 heavy (non-hydrogen) atoms. The summed E-state index contributed by atoms with van der Waals surface area (Å²) in [6.07, 6.45) is 2.79. The molecule has 0 aromatic carbocycles. The van der Waals surface area contributed by atoms with Gasteiger partial charge in [-0.25, -0.2) is 0 Å². The van der Waals surface area contributed by atoms with Crippen molar-refractivity contribution >= 4 is 5.91 Å². The SMILES string of the molecule is CC(C)(CC(C)(C)N1CCN(C(C)(C)C)CC1)C1CCC(=O)N1. The van der Waals surface area contributed by atoms with E-state index in [0.29, 0.717) is 12.5 Å². The van der Waals surface area contributed by atoms with Gasteiger partial charge in [0.25, 0.3) is 0 Å². The van der Waals surface area contributed by atoms with Crippen LogP contribution in [-0.2, 0) is 4.79 Å². The van der Waals surface area contributed by atoms with E-state index in [1.165, 1.54) is 0 Å². The molecule has 2 heterocycles. The van der Waals surface area contributed by atoms with Crippen molar-refractivity contribution in [3.63, 3.8) is 0 Å². The third-order valence-corrected chi connectivity index (χ3v) is 5.91. The van der Waals surface area contributed by atoms with Crippen molar-refractivity contribution < 1.29 is 4.79 Å². The number of carbonyl (C=O) groups is 1. The third-order valence-electron chi connectivity index (χ3n) is 5.91. The van der Waals surface area contributed by atoms with E-state index in [0.717, 1.165) is 39.0 Å². The Morgan fingerprint density at radius 2 is 1.48 bits per heavy atom. The first kappa shape index (κ1) is 18.7. The molecule has 2 aliphatic heterocycles. The lowest BCUT2D eigenvalue weighted by Gasteiger charge is -2.50. The molecule has 0 saturated carbocycles. The number of nitrogens with zero attached hydrogens (tertiary/aromatic N) is 2. The van der Waals surface area contributed by atoms with Gasteiger partial charge in [-0.3, -0.25) is 14.6 Å². The van der Waals surface area contributed by atoms with Gasteiger partial charge in [0.1, 0.15) is 0 Å². The molecule has 1 N–H and O–H groups in total. The van der Waals surface area contributed by atoms with Gasteiger partial charge in [-0.1, -0.05) is 13.8 Å². The molecular formula is C19H37N3O. The van der Waals surface area contributed by atoms with Crippen LogP contribution in [0.4, 0.5) is 0 Å². The Morgan fingerprint density at radius 3 is 1.91 bits per heavy atom. The molecule has 134 valence electrons. The second-order valence-electron chi connectivity index (χ2n) is 9.78. The van der Waals surface area contributed by atoms with Crippen LogP contribution in [0.5, 0.6) is 0 Å². The first-order valence-corrected chi connectivity index (χ1v) is 9.21. The summed E-state index contributed by atoms with van der Waals surface area (Å²) in [4.78, 5) is 16.8. The second kappa shape index (κ2) is 6.36.